The lowest BCUT2D eigenvalue weighted by Crippen LogP contribution is -2.18. The third-order valence-electron chi connectivity index (χ3n) is 4.34. The molecule has 2 atom stereocenters. The van der Waals surface area contributed by atoms with Crippen LogP contribution < -0.4 is 0 Å². The normalized spacial score (nSPS) is 25.1. The number of halogens is 1. The Morgan fingerprint density at radius 2 is 2.23 bits per heavy atom. The van der Waals surface area contributed by atoms with E-state index in [9.17, 15) is 0 Å². The van der Waals surface area contributed by atoms with E-state index in [-0.39, 0.29) is 0 Å². The van der Waals surface area contributed by atoms with Crippen molar-refractivity contribution >= 4 is 27.7 Å². The van der Waals surface area contributed by atoms with E-state index in [1.54, 1.807) is 5.57 Å². The van der Waals surface area contributed by atoms with Crippen molar-refractivity contribution in [2.45, 2.75) is 33.1 Å². The molecule has 0 fully saturated rings. The van der Waals surface area contributed by atoms with Gasteiger partial charge in [-0.15, -0.1) is 0 Å². The Morgan fingerprint density at radius 3 is 2.91 bits per heavy atom. The molecule has 1 nitrogen and oxygen atoms in total. The molecule has 0 bridgehead atoms. The van der Waals surface area contributed by atoms with Crippen LogP contribution in [-0.4, -0.2) is 23.9 Å². The topological polar surface area (TPSA) is 9.23 Å². The second-order valence-electron chi connectivity index (χ2n) is 6.17. The van der Waals surface area contributed by atoms with Crippen LogP contribution in [0, 0.1) is 11.8 Å². The Kier molecular flexibility index (Phi) is 7.36. The fraction of sp³-hybridized carbons (Fsp3) is 0.579. The molecule has 2 aliphatic carbocycles. The van der Waals surface area contributed by atoms with Crippen LogP contribution in [-0.2, 0) is 4.74 Å². The Labute approximate surface area is 148 Å². The van der Waals surface area contributed by atoms with Gasteiger partial charge in [-0.1, -0.05) is 46.7 Å². The Morgan fingerprint density at radius 1 is 1.41 bits per heavy atom. The maximum atomic E-state index is 5.98. The first-order chi connectivity index (χ1) is 10.7. The van der Waals surface area contributed by atoms with Gasteiger partial charge in [0, 0.05) is 17.7 Å². The number of rotatable bonds is 7. The zero-order valence-corrected chi connectivity index (χ0v) is 16.3. The monoisotopic (exact) mass is 382 g/mol. The fourth-order valence-electron chi connectivity index (χ4n) is 3.40. The summed E-state index contributed by atoms with van der Waals surface area (Å²) in [4.78, 5) is 0. The molecule has 0 amide bonds. The van der Waals surface area contributed by atoms with Gasteiger partial charge in [-0.05, 0) is 54.9 Å². The lowest BCUT2D eigenvalue weighted by Gasteiger charge is -2.30. The molecule has 0 N–H and O–H groups in total. The number of allylic oxidation sites excluding steroid dienone is 8. The molecule has 0 heterocycles. The quantitative estimate of drug-likeness (QED) is 0.400. The average molecular weight is 383 g/mol. The number of alkyl halides is 1. The summed E-state index contributed by atoms with van der Waals surface area (Å²) in [5.74, 6) is 3.48. The maximum absolute atomic E-state index is 5.98. The zero-order valence-electron chi connectivity index (χ0n) is 13.9. The van der Waals surface area contributed by atoms with E-state index in [1.165, 1.54) is 22.7 Å². The van der Waals surface area contributed by atoms with Crippen LogP contribution in [0.15, 0.2) is 46.8 Å². The second-order valence-corrected chi connectivity index (χ2v) is 7.72. The molecule has 2 rings (SSSR count). The highest BCUT2D eigenvalue weighted by Gasteiger charge is 2.25. The predicted molar refractivity (Wildman–Crippen MR) is 103 cm³/mol. The van der Waals surface area contributed by atoms with Crippen LogP contribution in [0.2, 0.25) is 0 Å². The van der Waals surface area contributed by atoms with Crippen LogP contribution in [0.4, 0.5) is 0 Å². The SMILES string of the molecule is CSCCCOC1=CC(C)=C(C2C=C(CBr)C=CC2)C(C)C1. The van der Waals surface area contributed by atoms with Crippen molar-refractivity contribution in [1.29, 1.82) is 0 Å². The molecule has 122 valence electrons. The van der Waals surface area contributed by atoms with Gasteiger partial charge in [0.1, 0.15) is 0 Å². The number of hydrogen-bond donors (Lipinski definition) is 0. The van der Waals surface area contributed by atoms with E-state index in [0.717, 1.165) is 31.2 Å². The molecule has 22 heavy (non-hydrogen) atoms. The minimum Gasteiger partial charge on any atom is -0.498 e. The summed E-state index contributed by atoms with van der Waals surface area (Å²) in [7, 11) is 0. The van der Waals surface area contributed by atoms with Crippen LogP contribution in [0.3, 0.4) is 0 Å². The molecule has 0 spiro atoms. The van der Waals surface area contributed by atoms with Gasteiger partial charge in [-0.2, -0.15) is 11.8 Å². The van der Waals surface area contributed by atoms with Crippen molar-refractivity contribution in [1.82, 2.24) is 0 Å². The number of ether oxygens (including phenoxy) is 1. The average Bonchev–Trinajstić information content (AvgIpc) is 2.51. The molecular weight excluding hydrogens is 356 g/mol. The van der Waals surface area contributed by atoms with Gasteiger partial charge in [0.25, 0.3) is 0 Å². The van der Waals surface area contributed by atoms with E-state index in [2.05, 4.69) is 60.3 Å². The molecule has 0 aromatic carbocycles. The van der Waals surface area contributed by atoms with E-state index in [1.807, 2.05) is 11.8 Å². The molecule has 0 saturated heterocycles. The predicted octanol–water partition coefficient (Wildman–Crippen LogP) is 5.89. The van der Waals surface area contributed by atoms with Crippen molar-refractivity contribution in [2.24, 2.45) is 11.8 Å². The summed E-state index contributed by atoms with van der Waals surface area (Å²) >= 11 is 5.46. The minimum absolute atomic E-state index is 0.557. The van der Waals surface area contributed by atoms with E-state index < -0.39 is 0 Å². The third kappa shape index (κ3) is 4.79. The van der Waals surface area contributed by atoms with Crippen molar-refractivity contribution in [2.75, 3.05) is 23.9 Å². The van der Waals surface area contributed by atoms with Crippen LogP contribution in [0.5, 0.6) is 0 Å². The smallest absolute Gasteiger partial charge is 0.0968 e. The molecule has 0 radical (unpaired) electrons. The molecule has 0 aromatic heterocycles. The Hall–Kier alpha value is -0.410. The summed E-state index contributed by atoms with van der Waals surface area (Å²) in [5, 5.41) is 0.945. The van der Waals surface area contributed by atoms with Crippen LogP contribution in [0.1, 0.15) is 33.1 Å². The number of thioether (sulfide) groups is 1. The maximum Gasteiger partial charge on any atom is 0.0968 e. The highest BCUT2D eigenvalue weighted by molar-refractivity contribution is 9.09. The number of hydrogen-bond acceptors (Lipinski definition) is 2. The minimum atomic E-state index is 0.557. The van der Waals surface area contributed by atoms with Gasteiger partial charge in [-0.3, -0.25) is 0 Å². The van der Waals surface area contributed by atoms with E-state index in [0.29, 0.717) is 11.8 Å². The lowest BCUT2D eigenvalue weighted by atomic mass is 9.77. The zero-order chi connectivity index (χ0) is 15.9. The van der Waals surface area contributed by atoms with Crippen LogP contribution >= 0.6 is 27.7 Å². The first-order valence-electron chi connectivity index (χ1n) is 8.11. The van der Waals surface area contributed by atoms with Crippen molar-refractivity contribution in [3.63, 3.8) is 0 Å². The first kappa shape index (κ1) is 17.9. The van der Waals surface area contributed by atoms with Crippen molar-refractivity contribution in [3.8, 4) is 0 Å². The van der Waals surface area contributed by atoms with Gasteiger partial charge in [0.15, 0.2) is 0 Å². The lowest BCUT2D eigenvalue weighted by molar-refractivity contribution is 0.194. The van der Waals surface area contributed by atoms with Gasteiger partial charge >= 0.3 is 0 Å². The molecule has 3 heteroatoms. The highest BCUT2D eigenvalue weighted by atomic mass is 79.9. The summed E-state index contributed by atoms with van der Waals surface area (Å²) in [5.41, 5.74) is 4.40. The van der Waals surface area contributed by atoms with Gasteiger partial charge in [-0.25, -0.2) is 0 Å². The second kappa shape index (κ2) is 9.02. The fourth-order valence-corrected chi connectivity index (χ4v) is 4.18. The molecule has 2 unspecified atom stereocenters. The Bertz CT molecular complexity index is 502. The van der Waals surface area contributed by atoms with E-state index >= 15 is 0 Å². The standard InChI is InChI=1S/C19H27BrOS/c1-14-10-18(21-8-5-9-22-3)11-15(2)19(14)17-7-4-6-16(12-17)13-20/h4,6,10,12,15,17H,5,7-9,11,13H2,1-3H3. The first-order valence-corrected chi connectivity index (χ1v) is 10.6. The summed E-state index contributed by atoms with van der Waals surface area (Å²) in [6.07, 6.45) is 14.7. The molecular formula is C19H27BrOS. The van der Waals surface area contributed by atoms with Gasteiger partial charge < -0.3 is 4.74 Å². The summed E-state index contributed by atoms with van der Waals surface area (Å²) < 4.78 is 5.98. The largest absolute Gasteiger partial charge is 0.498 e. The highest BCUT2D eigenvalue weighted by Crippen LogP contribution is 2.38. The van der Waals surface area contributed by atoms with Crippen molar-refractivity contribution < 1.29 is 4.74 Å². The molecule has 0 aromatic rings. The van der Waals surface area contributed by atoms with Crippen LogP contribution in [0.25, 0.3) is 0 Å². The molecule has 2 aliphatic rings. The Balaban J connectivity index is 2.06. The van der Waals surface area contributed by atoms with Crippen molar-refractivity contribution in [3.05, 3.63) is 46.8 Å². The summed E-state index contributed by atoms with van der Waals surface area (Å²) in [6.45, 7) is 5.44. The molecule has 0 saturated carbocycles. The summed E-state index contributed by atoms with van der Waals surface area (Å²) in [6, 6.07) is 0. The third-order valence-corrected chi connectivity index (χ3v) is 5.69. The van der Waals surface area contributed by atoms with E-state index in [4.69, 9.17) is 4.74 Å². The molecule has 0 aliphatic heterocycles. The van der Waals surface area contributed by atoms with Gasteiger partial charge in [0.2, 0.25) is 0 Å². The van der Waals surface area contributed by atoms with Gasteiger partial charge in [0.05, 0.1) is 12.4 Å².